The Kier molecular flexibility index (Phi) is 6.86. The Bertz CT molecular complexity index is 1100. The first-order chi connectivity index (χ1) is 17.6. The largest absolute Gasteiger partial charge is 0.397 e. The van der Waals surface area contributed by atoms with Gasteiger partial charge in [-0.15, -0.1) is 0 Å². The van der Waals surface area contributed by atoms with E-state index in [4.69, 9.17) is 4.18 Å². The summed E-state index contributed by atoms with van der Waals surface area (Å²) in [7, 11) is -4.71. The minimum absolute atomic E-state index is 0.0730. The number of aliphatic hydroxyl groups is 1. The van der Waals surface area contributed by atoms with E-state index < -0.39 is 29.0 Å². The van der Waals surface area contributed by atoms with Gasteiger partial charge >= 0.3 is 10.4 Å². The normalized spacial score (nSPS) is 46.6. The van der Waals surface area contributed by atoms with Crippen molar-refractivity contribution in [2.45, 2.75) is 105 Å². The number of hydrogen-bond donors (Lipinski definition) is 2. The number of Topliss-reactive ketones (excluding diaryl/α,β-unsaturated/α-hetero) is 2. The molecule has 5 saturated carbocycles. The monoisotopic (exact) mass is 552 g/mol. The van der Waals surface area contributed by atoms with Gasteiger partial charge in [-0.05, 0) is 103 Å². The van der Waals surface area contributed by atoms with Crippen LogP contribution < -0.4 is 0 Å². The zero-order valence-electron chi connectivity index (χ0n) is 23.9. The first-order valence-corrected chi connectivity index (χ1v) is 16.2. The fraction of sp³-hybridized carbons (Fsp3) is 0.933. The van der Waals surface area contributed by atoms with Gasteiger partial charge in [-0.1, -0.05) is 34.6 Å². The van der Waals surface area contributed by atoms with Gasteiger partial charge in [0.2, 0.25) is 0 Å². The lowest BCUT2D eigenvalue weighted by atomic mass is 9.41. The van der Waals surface area contributed by atoms with Crippen molar-refractivity contribution < 1.29 is 31.8 Å². The van der Waals surface area contributed by atoms with Crippen LogP contribution in [0, 0.1) is 56.7 Å². The van der Waals surface area contributed by atoms with Crippen LogP contribution in [-0.4, -0.2) is 42.9 Å². The van der Waals surface area contributed by atoms with Gasteiger partial charge in [0, 0.05) is 19.3 Å². The summed E-state index contributed by atoms with van der Waals surface area (Å²) >= 11 is 0. The standard InChI is InChI=1S/C30H48O7S/c1-19(2)14-21(32)15-20(3)22-8-10-27(5)23-6-7-24-28(17-31,18-37-38(34,35)36)25(33)9-11-29(24)16-30(23,29)13-12-26(22,27)4/h19-20,22-24,31H,6-18H2,1-5H3,(H,34,35,36)/t20-,22-,23+,24+,26-,27+,28+,29-,30+/m1/s1. The molecule has 5 aliphatic carbocycles. The molecule has 5 aliphatic rings. The van der Waals surface area contributed by atoms with Gasteiger partial charge in [0.05, 0.1) is 18.6 Å². The third-order valence-electron chi connectivity index (χ3n) is 13.2. The van der Waals surface area contributed by atoms with Crippen LogP contribution in [-0.2, 0) is 24.2 Å². The molecule has 7 nitrogen and oxygen atoms in total. The van der Waals surface area contributed by atoms with E-state index in [1.165, 1.54) is 6.42 Å². The maximum atomic E-state index is 13.3. The van der Waals surface area contributed by atoms with Crippen LogP contribution in [0.3, 0.4) is 0 Å². The topological polar surface area (TPSA) is 118 Å². The number of aliphatic hydroxyl groups excluding tert-OH is 1. The molecule has 8 heteroatoms. The summed E-state index contributed by atoms with van der Waals surface area (Å²) in [5, 5.41) is 10.5. The van der Waals surface area contributed by atoms with Crippen LogP contribution in [0.5, 0.6) is 0 Å². The van der Waals surface area contributed by atoms with Gasteiger partial charge in [-0.25, -0.2) is 4.18 Å². The van der Waals surface area contributed by atoms with Crippen LogP contribution in [0.2, 0.25) is 0 Å². The molecule has 0 bridgehead atoms. The van der Waals surface area contributed by atoms with Crippen molar-refractivity contribution in [1.29, 1.82) is 0 Å². The van der Waals surface area contributed by atoms with Crippen LogP contribution in [0.15, 0.2) is 0 Å². The first kappa shape index (κ1) is 28.7. The molecule has 2 spiro atoms. The quantitative estimate of drug-likeness (QED) is 0.367. The molecule has 2 N–H and O–H groups in total. The van der Waals surface area contributed by atoms with Gasteiger partial charge in [0.15, 0.2) is 0 Å². The molecular formula is C30H48O7S. The predicted molar refractivity (Wildman–Crippen MR) is 143 cm³/mol. The number of rotatable bonds is 9. The SMILES string of the molecule is CC(C)CC(=O)C[C@@H](C)[C@H]1CC[C@@]2(C)[C@@H]3CC[C@H]4[C@](CO)(COS(=O)(=O)O)C(=O)CC[C@@]45C[C@@]35CC[C@]12C. The molecule has 0 amide bonds. The smallest absolute Gasteiger partial charge is 0.395 e. The third-order valence-corrected chi connectivity index (χ3v) is 13.6. The second-order valence-electron chi connectivity index (χ2n) is 14.9. The number of fused-ring (bicyclic) bond motifs is 2. The maximum Gasteiger partial charge on any atom is 0.397 e. The Morgan fingerprint density at radius 2 is 1.63 bits per heavy atom. The van der Waals surface area contributed by atoms with Crippen molar-refractivity contribution in [2.75, 3.05) is 13.2 Å². The highest BCUT2D eigenvalue weighted by Gasteiger charge is 2.83. The van der Waals surface area contributed by atoms with Crippen molar-refractivity contribution in [1.82, 2.24) is 0 Å². The summed E-state index contributed by atoms with van der Waals surface area (Å²) in [6, 6.07) is 0. The molecule has 0 aliphatic heterocycles. The molecule has 5 rings (SSSR count). The van der Waals surface area contributed by atoms with Crippen molar-refractivity contribution in [2.24, 2.45) is 56.7 Å². The average molecular weight is 553 g/mol. The highest BCUT2D eigenvalue weighted by atomic mass is 32.3. The van der Waals surface area contributed by atoms with E-state index in [0.29, 0.717) is 48.7 Å². The molecule has 0 aromatic rings. The molecule has 38 heavy (non-hydrogen) atoms. The lowest BCUT2D eigenvalue weighted by Gasteiger charge is -2.63. The van der Waals surface area contributed by atoms with E-state index in [1.54, 1.807) is 0 Å². The molecule has 9 atom stereocenters. The Labute approximate surface area is 228 Å². The van der Waals surface area contributed by atoms with Crippen molar-refractivity contribution in [3.05, 3.63) is 0 Å². The Morgan fingerprint density at radius 1 is 0.974 bits per heavy atom. The van der Waals surface area contributed by atoms with E-state index in [0.717, 1.165) is 44.9 Å². The van der Waals surface area contributed by atoms with E-state index in [9.17, 15) is 27.7 Å². The number of carbonyl (C=O) groups is 2. The molecule has 0 heterocycles. The van der Waals surface area contributed by atoms with Gasteiger partial charge in [-0.2, -0.15) is 8.42 Å². The predicted octanol–water partition coefficient (Wildman–Crippen LogP) is 5.41. The Hall–Kier alpha value is -0.830. The van der Waals surface area contributed by atoms with Gasteiger partial charge in [0.1, 0.15) is 11.6 Å². The summed E-state index contributed by atoms with van der Waals surface area (Å²) in [4.78, 5) is 26.0. The molecule has 0 saturated heterocycles. The van der Waals surface area contributed by atoms with Crippen molar-refractivity contribution >= 4 is 22.0 Å². The average Bonchev–Trinajstić information content (AvgIpc) is 3.40. The maximum absolute atomic E-state index is 13.3. The summed E-state index contributed by atoms with van der Waals surface area (Å²) in [5.41, 5.74) is -0.892. The van der Waals surface area contributed by atoms with E-state index in [-0.39, 0.29) is 33.4 Å². The number of carbonyl (C=O) groups excluding carboxylic acids is 2. The molecule has 216 valence electrons. The second kappa shape index (κ2) is 9.09. The lowest BCUT2D eigenvalue weighted by molar-refractivity contribution is -0.170. The summed E-state index contributed by atoms with van der Waals surface area (Å²) < 4.78 is 37.0. The Balaban J connectivity index is 1.41. The van der Waals surface area contributed by atoms with Gasteiger partial charge < -0.3 is 5.11 Å². The van der Waals surface area contributed by atoms with Crippen LogP contribution in [0.1, 0.15) is 105 Å². The highest BCUT2D eigenvalue weighted by molar-refractivity contribution is 7.80. The third kappa shape index (κ3) is 3.86. The first-order valence-electron chi connectivity index (χ1n) is 14.9. The lowest BCUT2D eigenvalue weighted by Crippen LogP contribution is -2.60. The molecule has 0 unspecified atom stereocenters. The fourth-order valence-corrected chi connectivity index (χ4v) is 11.8. The minimum atomic E-state index is -4.71. The molecule has 0 radical (unpaired) electrons. The van der Waals surface area contributed by atoms with Crippen LogP contribution in [0.4, 0.5) is 0 Å². The molecular weight excluding hydrogens is 504 g/mol. The van der Waals surface area contributed by atoms with Gasteiger partial charge in [-0.3, -0.25) is 14.1 Å². The van der Waals surface area contributed by atoms with E-state index in [1.807, 2.05) is 0 Å². The van der Waals surface area contributed by atoms with Crippen molar-refractivity contribution in [3.8, 4) is 0 Å². The van der Waals surface area contributed by atoms with Crippen LogP contribution in [0.25, 0.3) is 0 Å². The highest BCUT2D eigenvalue weighted by Crippen LogP contribution is 2.88. The minimum Gasteiger partial charge on any atom is -0.395 e. The van der Waals surface area contributed by atoms with Crippen LogP contribution >= 0.6 is 0 Å². The summed E-state index contributed by atoms with van der Waals surface area (Å²) in [5.74, 6) is 1.95. The summed E-state index contributed by atoms with van der Waals surface area (Å²) in [6.45, 7) is 10.6. The molecule has 0 aromatic heterocycles. The van der Waals surface area contributed by atoms with Crippen molar-refractivity contribution in [3.63, 3.8) is 0 Å². The van der Waals surface area contributed by atoms with Gasteiger partial charge in [0.25, 0.3) is 0 Å². The summed E-state index contributed by atoms with van der Waals surface area (Å²) in [6.07, 6.45) is 9.77. The Morgan fingerprint density at radius 3 is 2.26 bits per heavy atom. The second-order valence-corrected chi connectivity index (χ2v) is 16.0. The number of hydrogen-bond acceptors (Lipinski definition) is 6. The zero-order valence-corrected chi connectivity index (χ0v) is 24.7. The zero-order chi connectivity index (χ0) is 27.9. The number of ketones is 2. The molecule has 0 aromatic carbocycles. The van der Waals surface area contributed by atoms with E-state index in [2.05, 4.69) is 34.6 Å². The fourth-order valence-electron chi connectivity index (χ4n) is 11.4. The molecule has 5 fully saturated rings. The van der Waals surface area contributed by atoms with E-state index >= 15 is 0 Å².